The summed E-state index contributed by atoms with van der Waals surface area (Å²) in [4.78, 5) is 13.2. The van der Waals surface area contributed by atoms with E-state index in [1.807, 2.05) is 0 Å². The van der Waals surface area contributed by atoms with Gasteiger partial charge >= 0.3 is 0 Å². The second-order valence-electron chi connectivity index (χ2n) is 5.34. The maximum atomic E-state index is 11.4. The second-order valence-corrected chi connectivity index (χ2v) is 5.34. The fraction of sp³-hybridized carbons (Fsp3) is 0.571. The summed E-state index contributed by atoms with van der Waals surface area (Å²) in [6.07, 6.45) is 0.445. The van der Waals surface area contributed by atoms with Crippen molar-refractivity contribution in [1.82, 2.24) is 10.2 Å². The molecule has 1 atom stereocenters. The Morgan fingerprint density at radius 1 is 1.30 bits per heavy atom. The van der Waals surface area contributed by atoms with Crippen molar-refractivity contribution in [3.63, 3.8) is 0 Å². The van der Waals surface area contributed by atoms with Gasteiger partial charge in [0.05, 0.1) is 16.6 Å². The number of hydrogen-bond acceptors (Lipinski definition) is 7. The van der Waals surface area contributed by atoms with Crippen LogP contribution in [0, 0.1) is 10.1 Å². The summed E-state index contributed by atoms with van der Waals surface area (Å²) in [5.74, 6) is 0.928. The van der Waals surface area contributed by atoms with Gasteiger partial charge in [0.2, 0.25) is 6.79 Å². The zero-order valence-electron chi connectivity index (χ0n) is 12.6. The highest BCUT2D eigenvalue weighted by molar-refractivity contribution is 5.85. The zero-order chi connectivity index (χ0) is 15.5. The van der Waals surface area contributed by atoms with Crippen molar-refractivity contribution in [3.8, 4) is 11.5 Å². The maximum absolute atomic E-state index is 11.4. The Bertz CT molecular complexity index is 566. The number of nitrogens with zero attached hydrogens (tertiary/aromatic N) is 2. The highest BCUT2D eigenvalue weighted by atomic mass is 35.5. The molecule has 128 valence electrons. The Kier molecular flexibility index (Phi) is 6.00. The molecule has 0 bridgehead atoms. The van der Waals surface area contributed by atoms with Crippen LogP contribution in [0.2, 0.25) is 0 Å². The first-order chi connectivity index (χ1) is 10.7. The molecule has 3 rings (SSSR count). The summed E-state index contributed by atoms with van der Waals surface area (Å²) >= 11 is 0. The third-order valence-electron chi connectivity index (χ3n) is 4.07. The van der Waals surface area contributed by atoms with Gasteiger partial charge in [-0.15, -0.1) is 12.4 Å². The first-order valence-corrected chi connectivity index (χ1v) is 7.34. The number of aliphatic hydroxyl groups excluding tert-OH is 1. The van der Waals surface area contributed by atoms with E-state index in [0.717, 1.165) is 26.2 Å². The number of nitrogens with one attached hydrogen (secondary N) is 1. The normalized spacial score (nSPS) is 18.3. The Morgan fingerprint density at radius 3 is 2.57 bits per heavy atom. The van der Waals surface area contributed by atoms with Crippen molar-refractivity contribution in [2.75, 3.05) is 39.6 Å². The van der Waals surface area contributed by atoms with E-state index in [1.165, 1.54) is 6.07 Å². The largest absolute Gasteiger partial charge is 0.454 e. The van der Waals surface area contributed by atoms with Gasteiger partial charge in [-0.25, -0.2) is 0 Å². The minimum atomic E-state index is -0.399. The Morgan fingerprint density at radius 2 is 1.96 bits per heavy atom. The van der Waals surface area contributed by atoms with Crippen LogP contribution < -0.4 is 14.8 Å². The molecule has 0 saturated carbocycles. The molecule has 0 radical (unpaired) electrons. The summed E-state index contributed by atoms with van der Waals surface area (Å²) in [7, 11) is 0. The second kappa shape index (κ2) is 7.78. The molecular weight excluding hydrogens is 326 g/mol. The predicted molar refractivity (Wildman–Crippen MR) is 85.4 cm³/mol. The summed E-state index contributed by atoms with van der Waals surface area (Å²) < 4.78 is 10.6. The lowest BCUT2D eigenvalue weighted by Gasteiger charge is -2.34. The van der Waals surface area contributed by atoms with E-state index in [1.54, 1.807) is 6.07 Å². The number of benzene rings is 1. The zero-order valence-corrected chi connectivity index (χ0v) is 13.4. The topological polar surface area (TPSA) is 97.1 Å². The number of piperazine rings is 1. The number of ether oxygens (including phenoxy) is 2. The van der Waals surface area contributed by atoms with E-state index in [-0.39, 0.29) is 37.5 Å². The van der Waals surface area contributed by atoms with E-state index in [9.17, 15) is 15.2 Å². The van der Waals surface area contributed by atoms with Gasteiger partial charge in [0, 0.05) is 38.8 Å². The molecule has 23 heavy (non-hydrogen) atoms. The van der Waals surface area contributed by atoms with Gasteiger partial charge in [-0.05, 0) is 12.5 Å². The minimum Gasteiger partial charge on any atom is -0.454 e. The minimum absolute atomic E-state index is 0. The van der Waals surface area contributed by atoms with Gasteiger partial charge in [-0.2, -0.15) is 0 Å². The molecule has 9 heteroatoms. The van der Waals surface area contributed by atoms with Crippen molar-refractivity contribution in [1.29, 1.82) is 0 Å². The molecule has 2 aliphatic heterocycles. The molecule has 2 heterocycles. The summed E-state index contributed by atoms with van der Waals surface area (Å²) in [5, 5.41) is 24.1. The van der Waals surface area contributed by atoms with E-state index in [4.69, 9.17) is 9.47 Å². The standard InChI is InChI=1S/C14H19N3O5.ClH/c18-6-1-11(16-4-2-15-3-5-16)10-7-13-14(22-9-21-13)8-12(10)17(19)20;/h7-8,11,15,18H,1-6,9H2;1H/t11-;/m1./s1. The Labute approximate surface area is 139 Å². The molecule has 1 aromatic rings. The van der Waals surface area contributed by atoms with Crippen LogP contribution >= 0.6 is 12.4 Å². The Balaban J connectivity index is 0.00000192. The number of hydrogen-bond donors (Lipinski definition) is 2. The molecular formula is C14H20ClN3O5. The summed E-state index contributed by atoms with van der Waals surface area (Å²) in [5.41, 5.74) is 0.589. The van der Waals surface area contributed by atoms with Gasteiger partial charge in [0.15, 0.2) is 11.5 Å². The average molecular weight is 346 g/mol. The van der Waals surface area contributed by atoms with Crippen LogP contribution in [0.3, 0.4) is 0 Å². The van der Waals surface area contributed by atoms with Crippen LogP contribution in [0.25, 0.3) is 0 Å². The average Bonchev–Trinajstić information content (AvgIpc) is 2.99. The molecule has 0 amide bonds. The highest BCUT2D eigenvalue weighted by Gasteiger charge is 2.31. The smallest absolute Gasteiger partial charge is 0.278 e. The quantitative estimate of drug-likeness (QED) is 0.608. The molecule has 1 fully saturated rings. The number of nitro groups is 1. The first-order valence-electron chi connectivity index (χ1n) is 7.34. The summed E-state index contributed by atoms with van der Waals surface area (Å²) in [6, 6.07) is 2.90. The lowest BCUT2D eigenvalue weighted by Crippen LogP contribution is -2.45. The fourth-order valence-electron chi connectivity index (χ4n) is 3.02. The number of nitro benzene ring substituents is 1. The number of rotatable bonds is 5. The first kappa shape index (κ1) is 17.7. The van der Waals surface area contributed by atoms with Gasteiger partial charge in [-0.3, -0.25) is 15.0 Å². The molecule has 0 spiro atoms. The van der Waals surface area contributed by atoms with Gasteiger partial charge < -0.3 is 19.9 Å². The van der Waals surface area contributed by atoms with E-state index in [0.29, 0.717) is 23.5 Å². The van der Waals surface area contributed by atoms with Crippen LogP contribution in [0.5, 0.6) is 11.5 Å². The molecule has 8 nitrogen and oxygen atoms in total. The van der Waals surface area contributed by atoms with Crippen molar-refractivity contribution in [2.24, 2.45) is 0 Å². The number of fused-ring (bicyclic) bond motifs is 1. The van der Waals surface area contributed by atoms with Gasteiger partial charge in [0.1, 0.15) is 0 Å². The lowest BCUT2D eigenvalue weighted by atomic mass is 9.98. The summed E-state index contributed by atoms with van der Waals surface area (Å²) in [6.45, 7) is 3.29. The third-order valence-corrected chi connectivity index (χ3v) is 4.07. The van der Waals surface area contributed by atoms with E-state index < -0.39 is 4.92 Å². The van der Waals surface area contributed by atoms with E-state index in [2.05, 4.69) is 10.2 Å². The van der Waals surface area contributed by atoms with Crippen LogP contribution in [0.4, 0.5) is 5.69 Å². The van der Waals surface area contributed by atoms with Crippen molar-refractivity contribution >= 4 is 18.1 Å². The lowest BCUT2D eigenvalue weighted by molar-refractivity contribution is -0.386. The van der Waals surface area contributed by atoms with Crippen LogP contribution in [0.1, 0.15) is 18.0 Å². The predicted octanol–water partition coefficient (Wildman–Crippen LogP) is 1.07. The monoisotopic (exact) mass is 345 g/mol. The van der Waals surface area contributed by atoms with Gasteiger partial charge in [-0.1, -0.05) is 0 Å². The SMILES string of the molecule is Cl.O=[N+]([O-])c1cc2c(cc1[C@@H](CCO)N1CCNCC1)OCO2. The molecule has 0 aliphatic carbocycles. The molecule has 1 saturated heterocycles. The number of aliphatic hydroxyl groups is 1. The van der Waals surface area contributed by atoms with Crippen molar-refractivity contribution < 1.29 is 19.5 Å². The van der Waals surface area contributed by atoms with Crippen molar-refractivity contribution in [2.45, 2.75) is 12.5 Å². The van der Waals surface area contributed by atoms with E-state index >= 15 is 0 Å². The van der Waals surface area contributed by atoms with Crippen LogP contribution in [-0.4, -0.2) is 54.5 Å². The molecule has 2 N–H and O–H groups in total. The molecule has 0 unspecified atom stereocenters. The van der Waals surface area contributed by atoms with Crippen LogP contribution in [-0.2, 0) is 0 Å². The third kappa shape index (κ3) is 3.66. The molecule has 1 aromatic carbocycles. The van der Waals surface area contributed by atoms with Crippen LogP contribution in [0.15, 0.2) is 12.1 Å². The fourth-order valence-corrected chi connectivity index (χ4v) is 3.02. The van der Waals surface area contributed by atoms with Gasteiger partial charge in [0.25, 0.3) is 5.69 Å². The molecule has 2 aliphatic rings. The maximum Gasteiger partial charge on any atom is 0.278 e. The van der Waals surface area contributed by atoms with Crippen molar-refractivity contribution in [3.05, 3.63) is 27.8 Å². The Hall–Kier alpha value is -1.61. The molecule has 0 aromatic heterocycles. The highest BCUT2D eigenvalue weighted by Crippen LogP contribution is 2.42. The number of halogens is 1.